The molecule has 2 unspecified atom stereocenters. The molecular weight excluding hydrogens is 523 g/mol. The molecule has 0 bridgehead atoms. The second kappa shape index (κ2) is 11.6. The highest BCUT2D eigenvalue weighted by molar-refractivity contribution is 14.0. The van der Waals surface area contributed by atoms with E-state index in [1.165, 1.54) is 0 Å². The van der Waals surface area contributed by atoms with Gasteiger partial charge in [0.1, 0.15) is 12.2 Å². The lowest BCUT2D eigenvalue weighted by molar-refractivity contribution is -0.124. The number of benzene rings is 1. The zero-order chi connectivity index (χ0) is 21.6. The summed E-state index contributed by atoms with van der Waals surface area (Å²) in [6.45, 7) is 3.37. The fourth-order valence-electron chi connectivity index (χ4n) is 3.93. The maximum absolute atomic E-state index is 12.3. The maximum Gasteiger partial charge on any atom is 0.253 e. The van der Waals surface area contributed by atoms with E-state index in [1.54, 1.807) is 11.7 Å². The monoisotopic (exact) mass is 554 g/mol. The minimum atomic E-state index is -0.338. The lowest BCUT2D eigenvalue weighted by Gasteiger charge is -2.34. The number of hydrogen-bond donors (Lipinski definition) is 2. The molecule has 0 aliphatic carbocycles. The van der Waals surface area contributed by atoms with Crippen LogP contribution in [0.3, 0.4) is 0 Å². The Morgan fingerprint density at radius 1 is 1.31 bits per heavy atom. The van der Waals surface area contributed by atoms with Gasteiger partial charge in [-0.2, -0.15) is 5.10 Å². The van der Waals surface area contributed by atoms with Gasteiger partial charge in [0.2, 0.25) is 0 Å². The first-order valence-corrected chi connectivity index (χ1v) is 10.7. The average Bonchev–Trinajstić information content (AvgIpc) is 3.47. The molecular formula is C22H31IN6O3. The molecule has 174 valence electrons. The highest BCUT2D eigenvalue weighted by Gasteiger charge is 2.25. The van der Waals surface area contributed by atoms with Crippen molar-refractivity contribution in [3.63, 3.8) is 0 Å². The number of aliphatic imine (C=N–C) groups is 1. The Kier molecular flexibility index (Phi) is 8.88. The molecule has 4 rings (SSSR count). The van der Waals surface area contributed by atoms with E-state index in [0.29, 0.717) is 26.3 Å². The van der Waals surface area contributed by atoms with Gasteiger partial charge in [-0.25, -0.2) is 0 Å². The SMILES string of the molecule is CN=C(NCc1cccc(NC(=O)C2CCCO2)c1)N1CCOC(c2cnn(C)c2)C1.I. The summed E-state index contributed by atoms with van der Waals surface area (Å²) in [6, 6.07) is 7.84. The number of ether oxygens (including phenoxy) is 2. The number of amides is 1. The Balaban J connectivity index is 0.00000289. The topological polar surface area (TPSA) is 93.0 Å². The third-order valence-electron chi connectivity index (χ3n) is 5.54. The van der Waals surface area contributed by atoms with Crippen LogP contribution in [0.25, 0.3) is 0 Å². The van der Waals surface area contributed by atoms with Gasteiger partial charge in [-0.15, -0.1) is 24.0 Å². The van der Waals surface area contributed by atoms with Crippen LogP contribution in [0.2, 0.25) is 0 Å². The number of nitrogens with one attached hydrogen (secondary N) is 2. The van der Waals surface area contributed by atoms with Crippen LogP contribution in [0, 0.1) is 0 Å². The van der Waals surface area contributed by atoms with Gasteiger partial charge in [-0.1, -0.05) is 12.1 Å². The van der Waals surface area contributed by atoms with E-state index < -0.39 is 0 Å². The van der Waals surface area contributed by atoms with Gasteiger partial charge in [0.15, 0.2) is 5.96 Å². The molecule has 1 amide bonds. The number of aromatic nitrogens is 2. The van der Waals surface area contributed by atoms with Crippen molar-refractivity contribution >= 4 is 41.5 Å². The molecule has 3 heterocycles. The highest BCUT2D eigenvalue weighted by Crippen LogP contribution is 2.22. The van der Waals surface area contributed by atoms with Crippen LogP contribution in [0.1, 0.15) is 30.1 Å². The quantitative estimate of drug-likeness (QED) is 0.335. The molecule has 2 aliphatic heterocycles. The van der Waals surface area contributed by atoms with Crippen LogP contribution >= 0.6 is 24.0 Å². The number of morpholine rings is 1. The molecule has 10 heteroatoms. The van der Waals surface area contributed by atoms with Gasteiger partial charge in [0, 0.05) is 51.2 Å². The summed E-state index contributed by atoms with van der Waals surface area (Å²) < 4.78 is 13.2. The van der Waals surface area contributed by atoms with E-state index >= 15 is 0 Å². The Hall–Kier alpha value is -2.18. The molecule has 2 aliphatic rings. The predicted molar refractivity (Wildman–Crippen MR) is 133 cm³/mol. The van der Waals surface area contributed by atoms with E-state index in [2.05, 4.69) is 25.6 Å². The summed E-state index contributed by atoms with van der Waals surface area (Å²) in [4.78, 5) is 18.9. The number of halogens is 1. The van der Waals surface area contributed by atoms with Crippen molar-refractivity contribution in [2.24, 2.45) is 12.0 Å². The van der Waals surface area contributed by atoms with Crippen molar-refractivity contribution in [3.8, 4) is 0 Å². The van der Waals surface area contributed by atoms with Gasteiger partial charge in [0.05, 0.1) is 19.3 Å². The molecule has 2 fully saturated rings. The second-order valence-corrected chi connectivity index (χ2v) is 7.84. The van der Waals surface area contributed by atoms with Crippen molar-refractivity contribution in [2.75, 3.05) is 38.7 Å². The van der Waals surface area contributed by atoms with Gasteiger partial charge >= 0.3 is 0 Å². The molecule has 2 aromatic rings. The van der Waals surface area contributed by atoms with Gasteiger partial charge in [-0.3, -0.25) is 14.5 Å². The van der Waals surface area contributed by atoms with Gasteiger partial charge in [0.25, 0.3) is 5.91 Å². The molecule has 2 N–H and O–H groups in total. The third kappa shape index (κ3) is 6.20. The summed E-state index contributed by atoms with van der Waals surface area (Å²) in [6.07, 6.45) is 5.18. The molecule has 0 spiro atoms. The van der Waals surface area contributed by atoms with E-state index in [0.717, 1.165) is 42.2 Å². The van der Waals surface area contributed by atoms with Crippen LogP contribution in [0.5, 0.6) is 0 Å². The molecule has 1 aromatic carbocycles. The van der Waals surface area contributed by atoms with Crippen LogP contribution in [0.4, 0.5) is 5.69 Å². The first-order valence-electron chi connectivity index (χ1n) is 10.7. The minimum Gasteiger partial charge on any atom is -0.370 e. The second-order valence-electron chi connectivity index (χ2n) is 7.84. The molecule has 32 heavy (non-hydrogen) atoms. The van der Waals surface area contributed by atoms with Crippen molar-refractivity contribution in [1.82, 2.24) is 20.0 Å². The summed E-state index contributed by atoms with van der Waals surface area (Å²) in [7, 11) is 3.69. The van der Waals surface area contributed by atoms with E-state index in [-0.39, 0.29) is 42.1 Å². The minimum absolute atomic E-state index is 0. The Bertz CT molecular complexity index is 928. The first-order chi connectivity index (χ1) is 15.1. The van der Waals surface area contributed by atoms with E-state index in [4.69, 9.17) is 9.47 Å². The zero-order valence-corrected chi connectivity index (χ0v) is 20.8. The molecule has 2 atom stereocenters. The lowest BCUT2D eigenvalue weighted by Crippen LogP contribution is -2.47. The summed E-state index contributed by atoms with van der Waals surface area (Å²) in [5.74, 6) is 0.749. The smallest absolute Gasteiger partial charge is 0.253 e. The molecule has 0 saturated carbocycles. The number of hydrogen-bond acceptors (Lipinski definition) is 5. The average molecular weight is 554 g/mol. The summed E-state index contributed by atoms with van der Waals surface area (Å²) in [5.41, 5.74) is 2.90. The molecule has 2 saturated heterocycles. The highest BCUT2D eigenvalue weighted by atomic mass is 127. The van der Waals surface area contributed by atoms with Crippen LogP contribution < -0.4 is 10.6 Å². The normalized spacial score (nSPS) is 21.2. The van der Waals surface area contributed by atoms with Crippen molar-refractivity contribution in [3.05, 3.63) is 47.8 Å². The number of carbonyl (C=O) groups excluding carboxylic acids is 1. The molecule has 1 aromatic heterocycles. The Morgan fingerprint density at radius 3 is 2.91 bits per heavy atom. The number of rotatable bonds is 5. The number of carbonyl (C=O) groups is 1. The van der Waals surface area contributed by atoms with Crippen molar-refractivity contribution < 1.29 is 14.3 Å². The predicted octanol–water partition coefficient (Wildman–Crippen LogP) is 2.30. The number of aryl methyl sites for hydroxylation is 1. The summed E-state index contributed by atoms with van der Waals surface area (Å²) in [5, 5.41) is 10.6. The first kappa shape index (κ1) is 24.5. The van der Waals surface area contributed by atoms with Crippen molar-refractivity contribution in [1.29, 1.82) is 0 Å². The van der Waals surface area contributed by atoms with E-state index in [9.17, 15) is 4.79 Å². The van der Waals surface area contributed by atoms with Crippen molar-refractivity contribution in [2.45, 2.75) is 31.6 Å². The number of anilines is 1. The zero-order valence-electron chi connectivity index (χ0n) is 18.5. The number of nitrogens with zero attached hydrogens (tertiary/aromatic N) is 4. The van der Waals surface area contributed by atoms with Crippen LogP contribution in [-0.4, -0.2) is 66.0 Å². The summed E-state index contributed by atoms with van der Waals surface area (Å²) >= 11 is 0. The number of guanidine groups is 1. The molecule has 9 nitrogen and oxygen atoms in total. The maximum atomic E-state index is 12.3. The Labute approximate surface area is 205 Å². The fourth-order valence-corrected chi connectivity index (χ4v) is 3.93. The third-order valence-corrected chi connectivity index (χ3v) is 5.54. The largest absolute Gasteiger partial charge is 0.370 e. The lowest BCUT2D eigenvalue weighted by atomic mass is 10.1. The van der Waals surface area contributed by atoms with Gasteiger partial charge < -0.3 is 25.0 Å². The van der Waals surface area contributed by atoms with Crippen LogP contribution in [0.15, 0.2) is 41.7 Å². The van der Waals surface area contributed by atoms with Gasteiger partial charge in [-0.05, 0) is 30.5 Å². The van der Waals surface area contributed by atoms with E-state index in [1.807, 2.05) is 43.7 Å². The molecule has 0 radical (unpaired) electrons. The Morgan fingerprint density at radius 2 is 2.19 bits per heavy atom. The standard InChI is InChI=1S/C22H30N6O3.HI/c1-23-22(28-8-10-31-20(15-28)17-13-25-27(2)14-17)24-12-16-5-3-6-18(11-16)26-21(29)19-7-4-9-30-19;/h3,5-6,11,13-14,19-20H,4,7-10,12,15H2,1-2H3,(H,23,24)(H,26,29);1H. The fraction of sp³-hybridized carbons (Fsp3) is 0.500. The van der Waals surface area contributed by atoms with Crippen LogP contribution in [-0.2, 0) is 27.9 Å².